The van der Waals surface area contributed by atoms with E-state index < -0.39 is 47.3 Å². The zero-order valence-electron chi connectivity index (χ0n) is 17.9. The Kier molecular flexibility index (Phi) is 7.96. The van der Waals surface area contributed by atoms with Gasteiger partial charge in [-0.25, -0.2) is 4.39 Å². The first-order valence-electron chi connectivity index (χ1n) is 10.2. The van der Waals surface area contributed by atoms with Crippen molar-refractivity contribution in [2.75, 3.05) is 5.75 Å². The van der Waals surface area contributed by atoms with Gasteiger partial charge in [0.15, 0.2) is 0 Å². The second kappa shape index (κ2) is 10.4. The molecule has 13 heteroatoms. The molecule has 1 aliphatic carbocycles. The van der Waals surface area contributed by atoms with Crippen LogP contribution in [0.15, 0.2) is 42.7 Å². The van der Waals surface area contributed by atoms with Crippen molar-refractivity contribution >= 4 is 17.7 Å². The standard InChI is InChI=1S/C22H19F7N4OS/c23-15-3-1-13(2-4-15)18(22(27,28)29)32-17(19(34)33-20(12-30)6-7-20)11-35-10-14-9-31-8-5-16(14)21(24,25)26/h1-5,8-9,17-18,32H,6-7,10-11H2,(H,33,34)/t17-,18-/m0/s1. The highest BCUT2D eigenvalue weighted by atomic mass is 32.2. The number of aromatic nitrogens is 1. The molecular formula is C22H19F7N4OS. The van der Waals surface area contributed by atoms with Crippen molar-refractivity contribution in [3.8, 4) is 6.07 Å². The van der Waals surface area contributed by atoms with Gasteiger partial charge in [-0.2, -0.15) is 43.4 Å². The number of thioether (sulfide) groups is 1. The number of nitrogens with zero attached hydrogens (tertiary/aromatic N) is 2. The van der Waals surface area contributed by atoms with Crippen LogP contribution < -0.4 is 10.6 Å². The number of hydrogen-bond donors (Lipinski definition) is 2. The van der Waals surface area contributed by atoms with E-state index >= 15 is 0 Å². The number of halogens is 7. The summed E-state index contributed by atoms with van der Waals surface area (Å²) < 4.78 is 94.4. The van der Waals surface area contributed by atoms with Crippen molar-refractivity contribution < 1.29 is 35.5 Å². The Hall–Kier alpha value is -2.85. The maximum atomic E-state index is 13.8. The molecule has 5 nitrogen and oxygen atoms in total. The van der Waals surface area contributed by atoms with Crippen LogP contribution in [0.4, 0.5) is 30.7 Å². The summed E-state index contributed by atoms with van der Waals surface area (Å²) in [6.45, 7) is 0. The summed E-state index contributed by atoms with van der Waals surface area (Å²) in [4.78, 5) is 16.5. The predicted molar refractivity (Wildman–Crippen MR) is 113 cm³/mol. The minimum Gasteiger partial charge on any atom is -0.336 e. The first-order valence-corrected chi connectivity index (χ1v) is 11.4. The third-order valence-corrected chi connectivity index (χ3v) is 6.38. The second-order valence-corrected chi connectivity index (χ2v) is 9.00. The van der Waals surface area contributed by atoms with E-state index in [2.05, 4.69) is 15.6 Å². The van der Waals surface area contributed by atoms with E-state index in [0.29, 0.717) is 12.8 Å². The summed E-state index contributed by atoms with van der Waals surface area (Å²) in [6.07, 6.45) is -6.88. The van der Waals surface area contributed by atoms with E-state index in [0.717, 1.165) is 54.5 Å². The Morgan fingerprint density at radius 1 is 1.14 bits per heavy atom. The van der Waals surface area contributed by atoms with Crippen molar-refractivity contribution in [1.82, 2.24) is 15.6 Å². The van der Waals surface area contributed by atoms with Crippen LogP contribution in [0, 0.1) is 17.1 Å². The van der Waals surface area contributed by atoms with Crippen molar-refractivity contribution in [1.29, 1.82) is 5.26 Å². The van der Waals surface area contributed by atoms with E-state index in [1.54, 1.807) is 0 Å². The second-order valence-electron chi connectivity index (χ2n) is 7.97. The lowest BCUT2D eigenvalue weighted by Crippen LogP contribution is -2.52. The number of amides is 1. The van der Waals surface area contributed by atoms with E-state index in [4.69, 9.17) is 0 Å². The smallest absolute Gasteiger partial charge is 0.336 e. The van der Waals surface area contributed by atoms with E-state index in [9.17, 15) is 40.8 Å². The summed E-state index contributed by atoms with van der Waals surface area (Å²) in [7, 11) is 0. The van der Waals surface area contributed by atoms with Gasteiger partial charge in [-0.15, -0.1) is 0 Å². The SMILES string of the molecule is N#CC1(NC(=O)[C@H](CSCc2cnccc2C(F)(F)F)N[C@@H](c2ccc(F)cc2)C(F)(F)F)CC1. The molecule has 2 N–H and O–H groups in total. The average molecular weight is 520 g/mol. The Morgan fingerprint density at radius 3 is 2.34 bits per heavy atom. The Bertz CT molecular complexity index is 1080. The fraction of sp³-hybridized carbons (Fsp3) is 0.409. The maximum absolute atomic E-state index is 13.8. The number of carbonyl (C=O) groups is 1. The van der Waals surface area contributed by atoms with E-state index in [1.807, 2.05) is 6.07 Å². The monoisotopic (exact) mass is 520 g/mol. The molecule has 1 aliphatic rings. The van der Waals surface area contributed by atoms with Crippen molar-refractivity contribution in [3.63, 3.8) is 0 Å². The lowest BCUT2D eigenvalue weighted by atomic mass is 10.0. The van der Waals surface area contributed by atoms with Crippen LogP contribution in [0.3, 0.4) is 0 Å². The van der Waals surface area contributed by atoms with Gasteiger partial charge in [-0.1, -0.05) is 12.1 Å². The van der Waals surface area contributed by atoms with E-state index in [-0.39, 0.29) is 22.6 Å². The van der Waals surface area contributed by atoms with Gasteiger partial charge in [-0.3, -0.25) is 15.1 Å². The van der Waals surface area contributed by atoms with Gasteiger partial charge in [0.05, 0.1) is 17.7 Å². The summed E-state index contributed by atoms with van der Waals surface area (Å²) in [5.41, 5.74) is -2.65. The third-order valence-electron chi connectivity index (χ3n) is 5.29. The topological polar surface area (TPSA) is 77.8 Å². The van der Waals surface area contributed by atoms with Crippen LogP contribution in [-0.2, 0) is 16.7 Å². The molecule has 0 aliphatic heterocycles. The fourth-order valence-electron chi connectivity index (χ4n) is 3.25. The molecule has 2 atom stereocenters. The molecule has 1 fully saturated rings. The average Bonchev–Trinajstić information content (AvgIpc) is 3.55. The van der Waals surface area contributed by atoms with Crippen molar-refractivity contribution in [2.24, 2.45) is 0 Å². The molecule has 35 heavy (non-hydrogen) atoms. The number of hydrogen-bond acceptors (Lipinski definition) is 5. The number of nitriles is 1. The molecule has 1 saturated carbocycles. The molecule has 1 amide bonds. The molecule has 1 aromatic heterocycles. The summed E-state index contributed by atoms with van der Waals surface area (Å²) in [6, 6.07) is 2.34. The summed E-state index contributed by atoms with van der Waals surface area (Å²) in [5.74, 6) is -2.26. The van der Waals surface area contributed by atoms with Gasteiger partial charge in [0.2, 0.25) is 5.91 Å². The Morgan fingerprint density at radius 2 is 1.80 bits per heavy atom. The van der Waals surface area contributed by atoms with Crippen LogP contribution in [0.2, 0.25) is 0 Å². The number of carbonyl (C=O) groups excluding carboxylic acids is 1. The van der Waals surface area contributed by atoms with Crippen LogP contribution >= 0.6 is 11.8 Å². The molecule has 0 radical (unpaired) electrons. The molecule has 1 aromatic carbocycles. The minimum atomic E-state index is -4.87. The highest BCUT2D eigenvalue weighted by molar-refractivity contribution is 7.98. The molecule has 3 rings (SSSR count). The zero-order valence-corrected chi connectivity index (χ0v) is 18.7. The molecule has 0 bridgehead atoms. The van der Waals surface area contributed by atoms with E-state index in [1.165, 1.54) is 0 Å². The molecular weight excluding hydrogens is 501 g/mol. The van der Waals surface area contributed by atoms with Gasteiger partial charge in [0, 0.05) is 23.9 Å². The lowest BCUT2D eigenvalue weighted by Gasteiger charge is -2.28. The molecule has 0 unspecified atom stereocenters. The molecule has 0 spiro atoms. The first kappa shape index (κ1) is 26.7. The number of rotatable bonds is 9. The van der Waals surface area contributed by atoms with Crippen LogP contribution in [0.25, 0.3) is 0 Å². The third kappa shape index (κ3) is 7.08. The Labute approximate surface area is 200 Å². The van der Waals surface area contributed by atoms with Gasteiger partial charge in [-0.05, 0) is 42.2 Å². The van der Waals surface area contributed by atoms with Crippen LogP contribution in [0.5, 0.6) is 0 Å². The highest BCUT2D eigenvalue weighted by Gasteiger charge is 2.47. The predicted octanol–water partition coefficient (Wildman–Crippen LogP) is 4.91. The zero-order chi connectivity index (χ0) is 25.9. The van der Waals surface area contributed by atoms with Crippen LogP contribution in [0.1, 0.15) is 35.6 Å². The summed E-state index contributed by atoms with van der Waals surface area (Å²) in [5, 5.41) is 13.8. The number of benzene rings is 1. The number of alkyl halides is 6. The van der Waals surface area contributed by atoms with Gasteiger partial charge < -0.3 is 5.32 Å². The number of pyridine rings is 1. The maximum Gasteiger partial charge on any atom is 0.416 e. The van der Waals surface area contributed by atoms with Gasteiger partial charge >= 0.3 is 12.4 Å². The molecule has 188 valence electrons. The van der Waals surface area contributed by atoms with Gasteiger partial charge in [0.1, 0.15) is 17.4 Å². The number of nitrogens with one attached hydrogen (secondary N) is 2. The largest absolute Gasteiger partial charge is 0.416 e. The van der Waals surface area contributed by atoms with Gasteiger partial charge in [0.25, 0.3) is 0 Å². The first-order chi connectivity index (χ1) is 16.3. The van der Waals surface area contributed by atoms with Crippen molar-refractivity contribution in [3.05, 3.63) is 65.2 Å². The highest BCUT2D eigenvalue weighted by Crippen LogP contribution is 2.37. The molecule has 2 aromatic rings. The Balaban J connectivity index is 1.80. The van der Waals surface area contributed by atoms with Crippen LogP contribution in [-0.4, -0.2) is 34.4 Å². The minimum absolute atomic E-state index is 0.189. The fourth-order valence-corrected chi connectivity index (χ4v) is 4.30. The molecule has 1 heterocycles. The van der Waals surface area contributed by atoms with Crippen molar-refractivity contribution in [2.45, 2.75) is 48.6 Å². The molecule has 0 saturated heterocycles. The summed E-state index contributed by atoms with van der Waals surface area (Å²) >= 11 is 0.804. The quantitative estimate of drug-likeness (QED) is 0.460. The normalized spacial score (nSPS) is 16.7. The lowest BCUT2D eigenvalue weighted by molar-refractivity contribution is -0.160.